The molecule has 3 nitrogen and oxygen atoms in total. The maximum absolute atomic E-state index is 4.62. The standard InChI is InChI=1S/C15H17N3/c1-5-14(10(2)3)17-11(4)13-8-6-7-12-9-16-18-15(12)13/h5-9H,2H2,1,3-4H3,(H,16,18)/b14-5-,17-11?. The van der Waals surface area contributed by atoms with Crippen molar-refractivity contribution in [3.63, 3.8) is 0 Å². The number of benzene rings is 1. The van der Waals surface area contributed by atoms with Crippen molar-refractivity contribution in [2.45, 2.75) is 20.8 Å². The molecule has 0 fully saturated rings. The molecule has 2 aromatic rings. The molecule has 1 N–H and O–H groups in total. The Morgan fingerprint density at radius 3 is 2.83 bits per heavy atom. The van der Waals surface area contributed by atoms with Crippen molar-refractivity contribution in [3.8, 4) is 0 Å². The lowest BCUT2D eigenvalue weighted by molar-refractivity contribution is 1.12. The van der Waals surface area contributed by atoms with Gasteiger partial charge >= 0.3 is 0 Å². The molecule has 1 heterocycles. The number of nitrogens with zero attached hydrogens (tertiary/aromatic N) is 2. The first-order chi connectivity index (χ1) is 8.63. The van der Waals surface area contributed by atoms with Crippen molar-refractivity contribution in [3.05, 3.63) is 53.9 Å². The second kappa shape index (κ2) is 5.00. The van der Waals surface area contributed by atoms with Gasteiger partial charge in [-0.05, 0) is 26.3 Å². The van der Waals surface area contributed by atoms with E-state index in [0.717, 1.165) is 33.4 Å². The van der Waals surface area contributed by atoms with Crippen LogP contribution in [0.15, 0.2) is 53.3 Å². The highest BCUT2D eigenvalue weighted by Crippen LogP contribution is 2.18. The van der Waals surface area contributed by atoms with Gasteiger partial charge in [0.05, 0.1) is 17.4 Å². The SMILES string of the molecule is C=C(C)/C(=C/C)N=C(C)c1cccc2cn[nH]c12. The number of aromatic amines is 1. The Balaban J connectivity index is 2.51. The topological polar surface area (TPSA) is 41.0 Å². The van der Waals surface area contributed by atoms with Crippen LogP contribution in [0.1, 0.15) is 26.3 Å². The zero-order chi connectivity index (χ0) is 13.1. The zero-order valence-corrected chi connectivity index (χ0v) is 11.0. The van der Waals surface area contributed by atoms with Crippen LogP contribution in [0.4, 0.5) is 0 Å². The minimum absolute atomic E-state index is 0.920. The van der Waals surface area contributed by atoms with Crippen LogP contribution in [0, 0.1) is 0 Å². The number of hydrogen-bond donors (Lipinski definition) is 1. The van der Waals surface area contributed by atoms with Crippen LogP contribution < -0.4 is 0 Å². The van der Waals surface area contributed by atoms with Gasteiger partial charge in [-0.3, -0.25) is 10.1 Å². The minimum Gasteiger partial charge on any atom is -0.277 e. The number of allylic oxidation sites excluding steroid dienone is 2. The zero-order valence-electron chi connectivity index (χ0n) is 11.0. The molecule has 2 rings (SSSR count). The largest absolute Gasteiger partial charge is 0.277 e. The predicted molar refractivity (Wildman–Crippen MR) is 76.9 cm³/mol. The van der Waals surface area contributed by atoms with E-state index < -0.39 is 0 Å². The molecule has 0 radical (unpaired) electrons. The maximum atomic E-state index is 4.62. The van der Waals surface area contributed by atoms with E-state index in [2.05, 4.69) is 21.8 Å². The molecule has 0 saturated heterocycles. The lowest BCUT2D eigenvalue weighted by Gasteiger charge is -2.05. The second-order valence-electron chi connectivity index (χ2n) is 4.29. The molecule has 0 unspecified atom stereocenters. The first kappa shape index (κ1) is 12.3. The molecule has 1 aromatic heterocycles. The molecule has 92 valence electrons. The lowest BCUT2D eigenvalue weighted by atomic mass is 10.1. The summed E-state index contributed by atoms with van der Waals surface area (Å²) in [7, 11) is 0. The van der Waals surface area contributed by atoms with Crippen molar-refractivity contribution >= 4 is 16.6 Å². The van der Waals surface area contributed by atoms with Gasteiger partial charge in [0, 0.05) is 16.7 Å². The van der Waals surface area contributed by atoms with Crippen LogP contribution in [0.5, 0.6) is 0 Å². The van der Waals surface area contributed by atoms with Crippen LogP contribution in [-0.2, 0) is 0 Å². The monoisotopic (exact) mass is 239 g/mol. The number of rotatable bonds is 3. The van der Waals surface area contributed by atoms with E-state index in [1.165, 1.54) is 0 Å². The first-order valence-electron chi connectivity index (χ1n) is 5.93. The Morgan fingerprint density at radius 2 is 2.17 bits per heavy atom. The summed E-state index contributed by atoms with van der Waals surface area (Å²) in [6, 6.07) is 6.10. The fourth-order valence-electron chi connectivity index (χ4n) is 1.92. The number of para-hydroxylation sites is 1. The summed E-state index contributed by atoms with van der Waals surface area (Å²) >= 11 is 0. The molecular formula is C15H17N3. The highest BCUT2D eigenvalue weighted by Gasteiger charge is 2.06. The molecule has 0 amide bonds. The number of fused-ring (bicyclic) bond motifs is 1. The van der Waals surface area contributed by atoms with E-state index in [-0.39, 0.29) is 0 Å². The lowest BCUT2D eigenvalue weighted by Crippen LogP contribution is -1.97. The van der Waals surface area contributed by atoms with E-state index in [9.17, 15) is 0 Å². The van der Waals surface area contributed by atoms with Gasteiger partial charge in [0.1, 0.15) is 0 Å². The van der Waals surface area contributed by atoms with Gasteiger partial charge in [0.15, 0.2) is 0 Å². The van der Waals surface area contributed by atoms with E-state index in [4.69, 9.17) is 0 Å². The highest BCUT2D eigenvalue weighted by atomic mass is 15.1. The van der Waals surface area contributed by atoms with Crippen LogP contribution in [-0.4, -0.2) is 15.9 Å². The molecule has 0 aliphatic carbocycles. The van der Waals surface area contributed by atoms with Gasteiger partial charge in [-0.2, -0.15) is 5.10 Å². The minimum atomic E-state index is 0.920. The maximum Gasteiger partial charge on any atom is 0.0740 e. The van der Waals surface area contributed by atoms with Gasteiger partial charge in [-0.15, -0.1) is 0 Å². The van der Waals surface area contributed by atoms with Crippen LogP contribution in [0.25, 0.3) is 10.9 Å². The highest BCUT2D eigenvalue weighted by molar-refractivity contribution is 6.08. The first-order valence-corrected chi connectivity index (χ1v) is 5.93. The van der Waals surface area contributed by atoms with Crippen LogP contribution in [0.2, 0.25) is 0 Å². The molecule has 0 spiro atoms. The Kier molecular flexibility index (Phi) is 3.42. The van der Waals surface area contributed by atoms with Crippen LogP contribution >= 0.6 is 0 Å². The summed E-state index contributed by atoms with van der Waals surface area (Å²) in [6.45, 7) is 9.86. The molecule has 0 atom stereocenters. The smallest absolute Gasteiger partial charge is 0.0740 e. The summed E-state index contributed by atoms with van der Waals surface area (Å²) < 4.78 is 0. The van der Waals surface area contributed by atoms with Gasteiger partial charge in [-0.1, -0.05) is 30.9 Å². The van der Waals surface area contributed by atoms with E-state index in [0.29, 0.717) is 0 Å². The van der Waals surface area contributed by atoms with Crippen molar-refractivity contribution in [1.82, 2.24) is 10.2 Å². The van der Waals surface area contributed by atoms with Crippen molar-refractivity contribution in [2.24, 2.45) is 4.99 Å². The third kappa shape index (κ3) is 2.25. The molecule has 1 aromatic carbocycles. The quantitative estimate of drug-likeness (QED) is 0.641. The summed E-state index contributed by atoms with van der Waals surface area (Å²) in [5.74, 6) is 0. The third-order valence-electron chi connectivity index (χ3n) is 2.87. The molecule has 0 saturated carbocycles. The average molecular weight is 239 g/mol. The summed E-state index contributed by atoms with van der Waals surface area (Å²) in [6.07, 6.45) is 3.79. The van der Waals surface area contributed by atoms with Crippen molar-refractivity contribution in [2.75, 3.05) is 0 Å². The molecule has 0 aliphatic rings. The molecule has 3 heteroatoms. The normalized spacial score (nSPS) is 13.1. The summed E-state index contributed by atoms with van der Waals surface area (Å²) in [5.41, 5.74) is 4.94. The van der Waals surface area contributed by atoms with E-state index >= 15 is 0 Å². The van der Waals surface area contributed by atoms with Crippen molar-refractivity contribution < 1.29 is 0 Å². The Labute approximate surface area is 107 Å². The molecule has 18 heavy (non-hydrogen) atoms. The third-order valence-corrected chi connectivity index (χ3v) is 2.87. The Hall–Kier alpha value is -2.16. The number of aromatic nitrogens is 2. The Morgan fingerprint density at radius 1 is 1.39 bits per heavy atom. The van der Waals surface area contributed by atoms with Gasteiger partial charge < -0.3 is 0 Å². The van der Waals surface area contributed by atoms with Crippen molar-refractivity contribution in [1.29, 1.82) is 0 Å². The van der Waals surface area contributed by atoms with Gasteiger partial charge in [0.25, 0.3) is 0 Å². The summed E-state index contributed by atoms with van der Waals surface area (Å²) in [5, 5.41) is 8.18. The fraction of sp³-hybridized carbons (Fsp3) is 0.200. The predicted octanol–water partition coefficient (Wildman–Crippen LogP) is 3.85. The van der Waals surface area contributed by atoms with Crippen LogP contribution in [0.3, 0.4) is 0 Å². The van der Waals surface area contributed by atoms with E-state index in [1.54, 1.807) is 0 Å². The average Bonchev–Trinajstić information content (AvgIpc) is 2.82. The Bertz CT molecular complexity index is 645. The number of nitrogens with one attached hydrogen (secondary N) is 1. The van der Waals surface area contributed by atoms with E-state index in [1.807, 2.05) is 51.2 Å². The second-order valence-corrected chi connectivity index (χ2v) is 4.29. The number of aliphatic imine (C=N–C) groups is 1. The number of hydrogen-bond acceptors (Lipinski definition) is 2. The fourth-order valence-corrected chi connectivity index (χ4v) is 1.92. The molecule has 0 aliphatic heterocycles. The molecule has 0 bridgehead atoms. The van der Waals surface area contributed by atoms with Gasteiger partial charge in [-0.25, -0.2) is 0 Å². The van der Waals surface area contributed by atoms with Gasteiger partial charge in [0.2, 0.25) is 0 Å². The summed E-state index contributed by atoms with van der Waals surface area (Å²) in [4.78, 5) is 4.62. The molecular weight excluding hydrogens is 222 g/mol. The number of H-pyrrole nitrogens is 1.